The molecule has 1 aromatic rings. The normalized spacial score (nSPS) is 18.3. The maximum atomic E-state index is 5.84. The Morgan fingerprint density at radius 3 is 2.95 bits per heavy atom. The van der Waals surface area contributed by atoms with Crippen molar-refractivity contribution in [3.05, 3.63) is 29.8 Å². The smallest absolute Gasteiger partial charge is 0.119 e. The van der Waals surface area contributed by atoms with Gasteiger partial charge in [-0.25, -0.2) is 0 Å². The van der Waals surface area contributed by atoms with Crippen LogP contribution >= 0.6 is 0 Å². The van der Waals surface area contributed by atoms with Crippen molar-refractivity contribution in [1.82, 2.24) is 10.2 Å². The summed E-state index contributed by atoms with van der Waals surface area (Å²) in [5.41, 5.74) is 1.26. The second kappa shape index (κ2) is 9.06. The fourth-order valence-corrected chi connectivity index (χ4v) is 3.02. The van der Waals surface area contributed by atoms with Crippen LogP contribution in [0, 0.1) is 6.92 Å². The zero-order valence-corrected chi connectivity index (χ0v) is 13.6. The largest absolute Gasteiger partial charge is 0.494 e. The zero-order chi connectivity index (χ0) is 14.9. The van der Waals surface area contributed by atoms with Gasteiger partial charge in [-0.1, -0.05) is 19.1 Å². The lowest BCUT2D eigenvalue weighted by Gasteiger charge is -2.25. The average molecular weight is 290 g/mol. The van der Waals surface area contributed by atoms with Gasteiger partial charge in [-0.2, -0.15) is 0 Å². The number of hydrogen-bond acceptors (Lipinski definition) is 3. The first-order chi connectivity index (χ1) is 10.3. The third-order valence-electron chi connectivity index (χ3n) is 4.06. The molecule has 0 amide bonds. The maximum Gasteiger partial charge on any atom is 0.119 e. The predicted molar refractivity (Wildman–Crippen MR) is 89.0 cm³/mol. The fourth-order valence-electron chi connectivity index (χ4n) is 3.02. The third kappa shape index (κ3) is 6.06. The Morgan fingerprint density at radius 1 is 1.33 bits per heavy atom. The molecular formula is C18H30N2O. The highest BCUT2D eigenvalue weighted by molar-refractivity contribution is 5.27. The van der Waals surface area contributed by atoms with Crippen molar-refractivity contribution >= 4 is 0 Å². The number of benzene rings is 1. The summed E-state index contributed by atoms with van der Waals surface area (Å²) in [5.74, 6) is 0.995. The first kappa shape index (κ1) is 16.3. The molecule has 1 aliphatic heterocycles. The van der Waals surface area contributed by atoms with Gasteiger partial charge in [-0.05, 0) is 63.4 Å². The quantitative estimate of drug-likeness (QED) is 0.707. The van der Waals surface area contributed by atoms with Gasteiger partial charge in [0, 0.05) is 19.1 Å². The first-order valence-electron chi connectivity index (χ1n) is 8.43. The standard InChI is InChI=1S/C18H30N2O/c1-3-11-20(15-17-8-5-10-19-17)12-6-13-21-18-9-4-7-16(2)14-18/h4,7,9,14,17,19H,3,5-6,8,10-13,15H2,1-2H3. The molecule has 3 heteroatoms. The summed E-state index contributed by atoms with van der Waals surface area (Å²) in [6.45, 7) is 9.89. The SMILES string of the molecule is CCCN(CCCOc1cccc(C)c1)CC1CCCN1. The van der Waals surface area contributed by atoms with E-state index in [1.807, 2.05) is 6.07 Å². The number of aryl methyl sites for hydroxylation is 1. The van der Waals surface area contributed by atoms with Crippen LogP contribution in [0.2, 0.25) is 0 Å². The van der Waals surface area contributed by atoms with E-state index in [1.165, 1.54) is 44.5 Å². The van der Waals surface area contributed by atoms with Crippen LogP contribution < -0.4 is 10.1 Å². The van der Waals surface area contributed by atoms with E-state index in [1.54, 1.807) is 0 Å². The van der Waals surface area contributed by atoms with Gasteiger partial charge in [-0.3, -0.25) is 0 Å². The van der Waals surface area contributed by atoms with Crippen LogP contribution in [-0.4, -0.2) is 43.7 Å². The molecule has 0 aliphatic carbocycles. The summed E-state index contributed by atoms with van der Waals surface area (Å²) in [5, 5.41) is 3.60. The molecule has 0 saturated carbocycles. The lowest BCUT2D eigenvalue weighted by atomic mass is 10.2. The van der Waals surface area contributed by atoms with E-state index in [4.69, 9.17) is 4.74 Å². The van der Waals surface area contributed by atoms with E-state index < -0.39 is 0 Å². The van der Waals surface area contributed by atoms with Crippen molar-refractivity contribution in [2.45, 2.75) is 45.6 Å². The van der Waals surface area contributed by atoms with Crippen molar-refractivity contribution in [3.8, 4) is 5.75 Å². The minimum atomic E-state index is 0.703. The van der Waals surface area contributed by atoms with Crippen molar-refractivity contribution in [2.24, 2.45) is 0 Å². The van der Waals surface area contributed by atoms with E-state index in [0.717, 1.165) is 25.3 Å². The molecule has 1 unspecified atom stereocenters. The molecule has 1 fully saturated rings. The van der Waals surface area contributed by atoms with Crippen LogP contribution in [0.1, 0.15) is 38.2 Å². The minimum absolute atomic E-state index is 0.703. The van der Waals surface area contributed by atoms with Crippen molar-refractivity contribution < 1.29 is 4.74 Å². The van der Waals surface area contributed by atoms with Gasteiger partial charge < -0.3 is 15.0 Å². The van der Waals surface area contributed by atoms with E-state index in [-0.39, 0.29) is 0 Å². The predicted octanol–water partition coefficient (Wildman–Crippen LogP) is 3.23. The van der Waals surface area contributed by atoms with E-state index in [0.29, 0.717) is 6.04 Å². The Morgan fingerprint density at radius 2 is 2.24 bits per heavy atom. The highest BCUT2D eigenvalue weighted by Gasteiger charge is 2.17. The molecule has 3 nitrogen and oxygen atoms in total. The number of nitrogens with zero attached hydrogens (tertiary/aromatic N) is 1. The molecule has 1 aliphatic rings. The Bertz CT molecular complexity index is 402. The van der Waals surface area contributed by atoms with E-state index >= 15 is 0 Å². The highest BCUT2D eigenvalue weighted by atomic mass is 16.5. The first-order valence-corrected chi connectivity index (χ1v) is 8.43. The topological polar surface area (TPSA) is 24.5 Å². The van der Waals surface area contributed by atoms with Crippen molar-refractivity contribution in [1.29, 1.82) is 0 Å². The van der Waals surface area contributed by atoms with Gasteiger partial charge in [0.25, 0.3) is 0 Å². The minimum Gasteiger partial charge on any atom is -0.494 e. The van der Waals surface area contributed by atoms with Gasteiger partial charge in [0.2, 0.25) is 0 Å². The molecule has 1 aromatic carbocycles. The number of rotatable bonds is 9. The number of ether oxygens (including phenoxy) is 1. The summed E-state index contributed by atoms with van der Waals surface area (Å²) in [7, 11) is 0. The molecule has 0 spiro atoms. The molecular weight excluding hydrogens is 260 g/mol. The molecule has 1 atom stereocenters. The molecule has 0 bridgehead atoms. The van der Waals surface area contributed by atoms with Crippen LogP contribution in [0.5, 0.6) is 5.75 Å². The molecule has 21 heavy (non-hydrogen) atoms. The summed E-state index contributed by atoms with van der Waals surface area (Å²) in [4.78, 5) is 2.59. The Hall–Kier alpha value is -1.06. The Labute approximate surface area is 129 Å². The molecule has 1 saturated heterocycles. The molecule has 0 radical (unpaired) electrons. The lowest BCUT2D eigenvalue weighted by molar-refractivity contribution is 0.219. The lowest BCUT2D eigenvalue weighted by Crippen LogP contribution is -2.38. The Kier molecular flexibility index (Phi) is 7.04. The molecule has 1 N–H and O–H groups in total. The summed E-state index contributed by atoms with van der Waals surface area (Å²) < 4.78 is 5.84. The van der Waals surface area contributed by atoms with E-state index in [2.05, 4.69) is 42.3 Å². The van der Waals surface area contributed by atoms with Gasteiger partial charge in [0.05, 0.1) is 6.61 Å². The van der Waals surface area contributed by atoms with Gasteiger partial charge in [0.15, 0.2) is 0 Å². The van der Waals surface area contributed by atoms with Crippen LogP contribution in [0.4, 0.5) is 0 Å². The van der Waals surface area contributed by atoms with Crippen LogP contribution in [0.25, 0.3) is 0 Å². The highest BCUT2D eigenvalue weighted by Crippen LogP contribution is 2.13. The molecule has 2 rings (SSSR count). The van der Waals surface area contributed by atoms with Crippen molar-refractivity contribution in [2.75, 3.05) is 32.8 Å². The van der Waals surface area contributed by atoms with Gasteiger partial charge >= 0.3 is 0 Å². The summed E-state index contributed by atoms with van der Waals surface area (Å²) >= 11 is 0. The van der Waals surface area contributed by atoms with Crippen LogP contribution in [-0.2, 0) is 0 Å². The average Bonchev–Trinajstić information content (AvgIpc) is 2.97. The summed E-state index contributed by atoms with van der Waals surface area (Å²) in [6.07, 6.45) is 4.99. The fraction of sp³-hybridized carbons (Fsp3) is 0.667. The molecule has 118 valence electrons. The number of hydrogen-bond donors (Lipinski definition) is 1. The Balaban J connectivity index is 1.66. The second-order valence-electron chi connectivity index (χ2n) is 6.11. The number of nitrogens with one attached hydrogen (secondary N) is 1. The van der Waals surface area contributed by atoms with Crippen molar-refractivity contribution in [3.63, 3.8) is 0 Å². The molecule has 0 aromatic heterocycles. The maximum absolute atomic E-state index is 5.84. The molecule has 1 heterocycles. The van der Waals surface area contributed by atoms with E-state index in [9.17, 15) is 0 Å². The van der Waals surface area contributed by atoms with Gasteiger partial charge in [-0.15, -0.1) is 0 Å². The zero-order valence-electron chi connectivity index (χ0n) is 13.6. The van der Waals surface area contributed by atoms with Crippen LogP contribution in [0.15, 0.2) is 24.3 Å². The third-order valence-corrected chi connectivity index (χ3v) is 4.06. The second-order valence-corrected chi connectivity index (χ2v) is 6.11. The summed E-state index contributed by atoms with van der Waals surface area (Å²) in [6, 6.07) is 9.00. The van der Waals surface area contributed by atoms with Gasteiger partial charge in [0.1, 0.15) is 5.75 Å². The monoisotopic (exact) mass is 290 g/mol. The van der Waals surface area contributed by atoms with Crippen LogP contribution in [0.3, 0.4) is 0 Å².